The maximum absolute atomic E-state index is 5.25. The van der Waals surface area contributed by atoms with Crippen LogP contribution >= 0.6 is 12.2 Å². The fourth-order valence-corrected chi connectivity index (χ4v) is 1.89. The van der Waals surface area contributed by atoms with E-state index in [4.69, 9.17) is 17.0 Å². The maximum atomic E-state index is 5.25. The SMILES string of the molecule is CCCCCCCCCCCCOC(C)=S. The quantitative estimate of drug-likeness (QED) is 0.361. The van der Waals surface area contributed by atoms with Crippen molar-refractivity contribution in [3.8, 4) is 0 Å². The average Bonchev–Trinajstić information content (AvgIpc) is 2.25. The highest BCUT2D eigenvalue weighted by atomic mass is 32.1. The van der Waals surface area contributed by atoms with Gasteiger partial charge in [0.1, 0.15) is 0 Å². The Hall–Kier alpha value is -0.110. The second-order valence-electron chi connectivity index (χ2n) is 4.52. The first-order valence-electron chi connectivity index (χ1n) is 6.90. The fourth-order valence-electron chi connectivity index (χ4n) is 1.81. The number of unbranched alkanes of at least 4 members (excludes halogenated alkanes) is 9. The van der Waals surface area contributed by atoms with E-state index in [1.54, 1.807) is 0 Å². The molecule has 0 spiro atoms. The smallest absolute Gasteiger partial charge is 0.156 e. The van der Waals surface area contributed by atoms with E-state index < -0.39 is 0 Å². The Morgan fingerprint density at radius 1 is 0.812 bits per heavy atom. The van der Waals surface area contributed by atoms with Gasteiger partial charge in [-0.25, -0.2) is 0 Å². The second kappa shape index (κ2) is 13.0. The van der Waals surface area contributed by atoms with Gasteiger partial charge in [-0.1, -0.05) is 64.7 Å². The molecular weight excluding hydrogens is 216 g/mol. The molecule has 0 unspecified atom stereocenters. The molecule has 0 rings (SSSR count). The Bertz CT molecular complexity index is 157. The average molecular weight is 244 g/mol. The fraction of sp³-hybridized carbons (Fsp3) is 0.929. The van der Waals surface area contributed by atoms with Gasteiger partial charge in [0, 0.05) is 6.92 Å². The topological polar surface area (TPSA) is 9.23 Å². The third-order valence-corrected chi connectivity index (χ3v) is 2.92. The summed E-state index contributed by atoms with van der Waals surface area (Å²) in [5.41, 5.74) is 0. The van der Waals surface area contributed by atoms with Gasteiger partial charge in [0.15, 0.2) is 5.05 Å². The number of hydrogen-bond donors (Lipinski definition) is 0. The predicted octanol–water partition coefficient (Wildman–Crippen LogP) is 5.27. The highest BCUT2D eigenvalue weighted by Crippen LogP contribution is 2.10. The van der Waals surface area contributed by atoms with Gasteiger partial charge < -0.3 is 4.74 Å². The van der Waals surface area contributed by atoms with Crippen LogP contribution in [0.25, 0.3) is 0 Å². The summed E-state index contributed by atoms with van der Waals surface area (Å²) in [6.45, 7) is 4.92. The third-order valence-electron chi connectivity index (χ3n) is 2.80. The van der Waals surface area contributed by atoms with Crippen molar-refractivity contribution in [3.05, 3.63) is 0 Å². The molecule has 0 fully saturated rings. The van der Waals surface area contributed by atoms with E-state index >= 15 is 0 Å². The van der Waals surface area contributed by atoms with Crippen molar-refractivity contribution < 1.29 is 4.74 Å². The van der Waals surface area contributed by atoms with Gasteiger partial charge in [-0.2, -0.15) is 0 Å². The van der Waals surface area contributed by atoms with Gasteiger partial charge in [-0.05, 0) is 18.6 Å². The van der Waals surface area contributed by atoms with Gasteiger partial charge in [-0.15, -0.1) is 0 Å². The molecular formula is C14H28OS. The summed E-state index contributed by atoms with van der Waals surface area (Å²) in [4.78, 5) is 0. The van der Waals surface area contributed by atoms with E-state index in [9.17, 15) is 0 Å². The molecule has 0 aromatic carbocycles. The lowest BCUT2D eigenvalue weighted by atomic mass is 10.1. The highest BCUT2D eigenvalue weighted by molar-refractivity contribution is 7.80. The molecule has 0 aliphatic heterocycles. The van der Waals surface area contributed by atoms with Crippen molar-refractivity contribution in [2.75, 3.05) is 6.61 Å². The zero-order chi connectivity index (χ0) is 12.1. The lowest BCUT2D eigenvalue weighted by Gasteiger charge is -2.03. The van der Waals surface area contributed by atoms with Crippen LogP contribution in [0.3, 0.4) is 0 Å². The summed E-state index contributed by atoms with van der Waals surface area (Å²) in [5.74, 6) is 0. The molecule has 0 N–H and O–H groups in total. The van der Waals surface area contributed by atoms with E-state index in [0.717, 1.165) is 13.0 Å². The number of thiocarbonyl (C=S) groups is 1. The van der Waals surface area contributed by atoms with Gasteiger partial charge in [0.05, 0.1) is 6.61 Å². The molecule has 0 radical (unpaired) electrons. The Balaban J connectivity index is 2.90. The van der Waals surface area contributed by atoms with Crippen LogP contribution in [-0.2, 0) is 4.74 Å². The van der Waals surface area contributed by atoms with Gasteiger partial charge in [0.25, 0.3) is 0 Å². The van der Waals surface area contributed by atoms with Crippen LogP contribution in [0.2, 0.25) is 0 Å². The summed E-state index contributed by atoms with van der Waals surface area (Å²) < 4.78 is 5.25. The van der Waals surface area contributed by atoms with E-state index in [2.05, 4.69) is 6.92 Å². The first kappa shape index (κ1) is 15.9. The van der Waals surface area contributed by atoms with Gasteiger partial charge >= 0.3 is 0 Å². The van der Waals surface area contributed by atoms with Crippen molar-refractivity contribution in [1.29, 1.82) is 0 Å². The Labute approximate surface area is 107 Å². The van der Waals surface area contributed by atoms with Crippen LogP contribution in [-0.4, -0.2) is 11.7 Å². The van der Waals surface area contributed by atoms with Crippen LogP contribution in [0.4, 0.5) is 0 Å². The highest BCUT2D eigenvalue weighted by Gasteiger charge is 1.93. The van der Waals surface area contributed by atoms with E-state index in [0.29, 0.717) is 5.05 Å². The van der Waals surface area contributed by atoms with E-state index in [1.807, 2.05) is 6.92 Å². The summed E-state index contributed by atoms with van der Waals surface area (Å²) >= 11 is 4.84. The van der Waals surface area contributed by atoms with Crippen molar-refractivity contribution in [1.82, 2.24) is 0 Å². The molecule has 0 aromatic rings. The first-order chi connectivity index (χ1) is 7.77. The minimum absolute atomic E-state index is 0.677. The molecule has 1 nitrogen and oxygen atoms in total. The molecule has 0 aliphatic carbocycles. The van der Waals surface area contributed by atoms with Crippen LogP contribution in [0.1, 0.15) is 78.1 Å². The number of rotatable bonds is 11. The Kier molecular flexibility index (Phi) is 12.9. The van der Waals surface area contributed by atoms with E-state index in [-0.39, 0.29) is 0 Å². The van der Waals surface area contributed by atoms with Gasteiger partial charge in [-0.3, -0.25) is 0 Å². The van der Waals surface area contributed by atoms with Crippen molar-refractivity contribution in [2.45, 2.75) is 78.1 Å². The molecule has 0 aromatic heterocycles. The van der Waals surface area contributed by atoms with Crippen LogP contribution in [0, 0.1) is 0 Å². The molecule has 16 heavy (non-hydrogen) atoms. The van der Waals surface area contributed by atoms with Crippen molar-refractivity contribution in [3.63, 3.8) is 0 Å². The Morgan fingerprint density at radius 3 is 1.69 bits per heavy atom. The third kappa shape index (κ3) is 13.9. The van der Waals surface area contributed by atoms with Crippen LogP contribution in [0.15, 0.2) is 0 Å². The molecule has 2 heteroatoms. The zero-order valence-corrected chi connectivity index (χ0v) is 11.9. The molecule has 0 heterocycles. The monoisotopic (exact) mass is 244 g/mol. The summed E-state index contributed by atoms with van der Waals surface area (Å²) in [5, 5.41) is 0.677. The molecule has 0 amide bonds. The molecule has 0 bridgehead atoms. The lowest BCUT2D eigenvalue weighted by molar-refractivity contribution is 0.297. The molecule has 0 aliphatic rings. The number of ether oxygens (including phenoxy) is 1. The summed E-state index contributed by atoms with van der Waals surface area (Å²) in [7, 11) is 0. The number of hydrogen-bond acceptors (Lipinski definition) is 2. The largest absolute Gasteiger partial charge is 0.487 e. The molecule has 96 valence electrons. The van der Waals surface area contributed by atoms with Crippen molar-refractivity contribution >= 4 is 17.3 Å². The lowest BCUT2D eigenvalue weighted by Crippen LogP contribution is -1.97. The minimum Gasteiger partial charge on any atom is -0.487 e. The first-order valence-corrected chi connectivity index (χ1v) is 7.31. The van der Waals surface area contributed by atoms with Crippen LogP contribution < -0.4 is 0 Å². The Morgan fingerprint density at radius 2 is 1.25 bits per heavy atom. The summed E-state index contributed by atoms with van der Waals surface area (Å²) in [6.07, 6.45) is 13.6. The predicted molar refractivity (Wildman–Crippen MR) is 76.1 cm³/mol. The molecule has 0 atom stereocenters. The van der Waals surface area contributed by atoms with Crippen LogP contribution in [0.5, 0.6) is 0 Å². The normalized spacial score (nSPS) is 10.4. The molecule has 0 saturated heterocycles. The van der Waals surface area contributed by atoms with E-state index in [1.165, 1.54) is 57.8 Å². The maximum Gasteiger partial charge on any atom is 0.156 e. The summed E-state index contributed by atoms with van der Waals surface area (Å²) in [6, 6.07) is 0. The second-order valence-corrected chi connectivity index (χ2v) is 5.10. The van der Waals surface area contributed by atoms with Gasteiger partial charge in [0.2, 0.25) is 0 Å². The minimum atomic E-state index is 0.677. The molecule has 0 saturated carbocycles. The zero-order valence-electron chi connectivity index (χ0n) is 11.1. The van der Waals surface area contributed by atoms with Crippen molar-refractivity contribution in [2.24, 2.45) is 0 Å². The standard InChI is InChI=1S/C14H28OS/c1-3-4-5-6-7-8-9-10-11-12-13-15-14(2)16/h3-13H2,1-2H3.